The first-order valence-electron chi connectivity index (χ1n) is 9.11. The maximum absolute atomic E-state index is 12.5. The lowest BCUT2D eigenvalue weighted by atomic mass is 10.1. The Morgan fingerprint density at radius 2 is 1.81 bits per heavy atom. The zero-order valence-electron chi connectivity index (χ0n) is 15.9. The molecule has 2 aromatic rings. The Bertz CT molecular complexity index is 880. The van der Waals surface area contributed by atoms with Crippen molar-refractivity contribution in [2.45, 2.75) is 32.7 Å². The third-order valence-corrected chi connectivity index (χ3v) is 4.49. The number of hydrogen-bond donors (Lipinski definition) is 2. The lowest BCUT2D eigenvalue weighted by molar-refractivity contribution is -0.129. The number of fused-ring (bicyclic) bond motifs is 1. The van der Waals surface area contributed by atoms with Crippen molar-refractivity contribution in [2.75, 3.05) is 18.0 Å². The number of hydrogen-bond acceptors (Lipinski definition) is 3. The van der Waals surface area contributed by atoms with Gasteiger partial charge in [-0.25, -0.2) is 0 Å². The Hall–Kier alpha value is -2.89. The van der Waals surface area contributed by atoms with Crippen LogP contribution < -0.4 is 15.5 Å². The molecule has 0 aromatic heterocycles. The highest BCUT2D eigenvalue weighted by Gasteiger charge is 2.35. The van der Waals surface area contributed by atoms with E-state index in [1.807, 2.05) is 63.2 Å². The maximum Gasteiger partial charge on any atom is 0.239 e. The molecule has 2 aromatic carbocycles. The van der Waals surface area contributed by atoms with Gasteiger partial charge in [-0.3, -0.25) is 14.4 Å². The average molecular weight is 367 g/mol. The highest BCUT2D eigenvalue weighted by atomic mass is 16.2. The molecule has 0 aliphatic carbocycles. The van der Waals surface area contributed by atoms with Gasteiger partial charge in [-0.15, -0.1) is 0 Å². The fourth-order valence-electron chi connectivity index (χ4n) is 3.33. The molecule has 27 heavy (non-hydrogen) atoms. The summed E-state index contributed by atoms with van der Waals surface area (Å²) in [6, 6.07) is 13.7. The number of anilines is 1. The lowest BCUT2D eigenvalue weighted by Crippen LogP contribution is -2.46. The lowest BCUT2D eigenvalue weighted by Gasteiger charge is -2.21. The topological polar surface area (TPSA) is 78.5 Å². The average Bonchev–Trinajstić information content (AvgIpc) is 2.99. The molecule has 3 rings (SSSR count). The minimum Gasteiger partial charge on any atom is -0.350 e. The second-order valence-electron chi connectivity index (χ2n) is 7.92. The van der Waals surface area contributed by atoms with Gasteiger partial charge >= 0.3 is 0 Å². The van der Waals surface area contributed by atoms with E-state index >= 15 is 0 Å². The van der Waals surface area contributed by atoms with E-state index in [4.69, 9.17) is 0 Å². The first-order valence-corrected chi connectivity index (χ1v) is 9.11. The quantitative estimate of drug-likeness (QED) is 0.870. The number of nitrogens with one attached hydrogen (secondary N) is 2. The van der Waals surface area contributed by atoms with E-state index in [0.717, 1.165) is 16.5 Å². The molecule has 1 aliphatic heterocycles. The number of rotatable bonds is 4. The molecule has 0 radical (unpaired) electrons. The third-order valence-electron chi connectivity index (χ3n) is 4.49. The van der Waals surface area contributed by atoms with Gasteiger partial charge < -0.3 is 15.5 Å². The second-order valence-corrected chi connectivity index (χ2v) is 7.92. The molecule has 6 heteroatoms. The van der Waals surface area contributed by atoms with Gasteiger partial charge in [0.1, 0.15) is 0 Å². The largest absolute Gasteiger partial charge is 0.350 e. The molecular formula is C21H25N3O3. The number of carbonyl (C=O) groups excluding carboxylic acids is 3. The molecule has 1 atom stereocenters. The van der Waals surface area contributed by atoms with Crippen molar-refractivity contribution in [2.24, 2.45) is 5.92 Å². The normalized spacial score (nSPS) is 17.2. The molecule has 1 unspecified atom stereocenters. The van der Waals surface area contributed by atoms with Gasteiger partial charge in [0.15, 0.2) is 0 Å². The van der Waals surface area contributed by atoms with Crippen LogP contribution in [0.1, 0.15) is 27.2 Å². The number of benzene rings is 2. The fraction of sp³-hybridized carbons (Fsp3) is 0.381. The summed E-state index contributed by atoms with van der Waals surface area (Å²) in [6.45, 7) is 5.87. The minimum absolute atomic E-state index is 0.0781. The van der Waals surface area contributed by atoms with Crippen molar-refractivity contribution >= 4 is 34.2 Å². The zero-order valence-corrected chi connectivity index (χ0v) is 15.9. The number of amides is 3. The van der Waals surface area contributed by atoms with Crippen LogP contribution in [0.25, 0.3) is 10.8 Å². The van der Waals surface area contributed by atoms with Crippen molar-refractivity contribution in [3.05, 3.63) is 42.5 Å². The predicted octanol–water partition coefficient (Wildman–Crippen LogP) is 2.22. The SMILES string of the molecule is CC(C)(C)NC(=O)CNC(=O)C1CC(=O)N(c2cccc3ccccc23)C1. The van der Waals surface area contributed by atoms with Crippen LogP contribution in [0.2, 0.25) is 0 Å². The molecular weight excluding hydrogens is 342 g/mol. The molecule has 3 amide bonds. The number of nitrogens with zero attached hydrogens (tertiary/aromatic N) is 1. The van der Waals surface area contributed by atoms with Crippen LogP contribution in [-0.2, 0) is 14.4 Å². The van der Waals surface area contributed by atoms with Crippen LogP contribution in [0, 0.1) is 5.92 Å². The molecule has 0 saturated carbocycles. The first-order chi connectivity index (χ1) is 12.7. The van der Waals surface area contributed by atoms with Crippen molar-refractivity contribution in [1.82, 2.24) is 10.6 Å². The maximum atomic E-state index is 12.5. The molecule has 6 nitrogen and oxygen atoms in total. The summed E-state index contributed by atoms with van der Waals surface area (Å²) in [6.07, 6.45) is 0.149. The van der Waals surface area contributed by atoms with Crippen LogP contribution in [-0.4, -0.2) is 36.3 Å². The summed E-state index contributed by atoms with van der Waals surface area (Å²) in [5.74, 6) is -1.05. The Kier molecular flexibility index (Phi) is 5.17. The van der Waals surface area contributed by atoms with E-state index in [1.165, 1.54) is 0 Å². The molecule has 1 fully saturated rings. The molecule has 1 heterocycles. The van der Waals surface area contributed by atoms with Gasteiger partial charge in [-0.05, 0) is 32.2 Å². The molecule has 1 aliphatic rings. The smallest absolute Gasteiger partial charge is 0.239 e. The van der Waals surface area contributed by atoms with Crippen LogP contribution in [0.5, 0.6) is 0 Å². The van der Waals surface area contributed by atoms with Gasteiger partial charge in [0.05, 0.1) is 18.2 Å². The highest BCUT2D eigenvalue weighted by molar-refractivity contribution is 6.07. The Morgan fingerprint density at radius 1 is 1.11 bits per heavy atom. The van der Waals surface area contributed by atoms with E-state index in [-0.39, 0.29) is 36.2 Å². The summed E-state index contributed by atoms with van der Waals surface area (Å²) in [5, 5.41) is 7.48. The third kappa shape index (κ3) is 4.45. The fourth-order valence-corrected chi connectivity index (χ4v) is 3.33. The molecule has 1 saturated heterocycles. The van der Waals surface area contributed by atoms with Crippen LogP contribution >= 0.6 is 0 Å². The van der Waals surface area contributed by atoms with Crippen molar-refractivity contribution in [3.8, 4) is 0 Å². The van der Waals surface area contributed by atoms with Gasteiger partial charge in [0.25, 0.3) is 0 Å². The summed E-state index contributed by atoms with van der Waals surface area (Å²) < 4.78 is 0. The Labute approximate surface area is 158 Å². The number of carbonyl (C=O) groups is 3. The second kappa shape index (κ2) is 7.39. The first kappa shape index (κ1) is 18.9. The van der Waals surface area contributed by atoms with Crippen molar-refractivity contribution in [3.63, 3.8) is 0 Å². The van der Waals surface area contributed by atoms with Crippen LogP contribution in [0.15, 0.2) is 42.5 Å². The predicted molar refractivity (Wildman–Crippen MR) is 105 cm³/mol. The monoisotopic (exact) mass is 367 g/mol. The Morgan fingerprint density at radius 3 is 2.56 bits per heavy atom. The van der Waals surface area contributed by atoms with E-state index in [1.54, 1.807) is 4.90 Å². The Balaban J connectivity index is 1.66. The van der Waals surface area contributed by atoms with Gasteiger partial charge in [-0.2, -0.15) is 0 Å². The standard InChI is InChI=1S/C21H25N3O3/c1-21(2,3)23-18(25)12-22-20(27)15-11-19(26)24(13-15)17-10-6-8-14-7-4-5-9-16(14)17/h4-10,15H,11-13H2,1-3H3,(H,22,27)(H,23,25). The van der Waals surface area contributed by atoms with Crippen LogP contribution in [0.3, 0.4) is 0 Å². The summed E-state index contributed by atoms with van der Waals surface area (Å²) in [4.78, 5) is 38.5. The molecule has 0 bridgehead atoms. The van der Waals surface area contributed by atoms with Gasteiger partial charge in [0, 0.05) is 23.9 Å². The molecule has 2 N–H and O–H groups in total. The van der Waals surface area contributed by atoms with E-state index in [2.05, 4.69) is 10.6 Å². The van der Waals surface area contributed by atoms with E-state index < -0.39 is 5.92 Å². The zero-order chi connectivity index (χ0) is 19.6. The summed E-state index contributed by atoms with van der Waals surface area (Å²) >= 11 is 0. The molecule has 142 valence electrons. The van der Waals surface area contributed by atoms with Crippen molar-refractivity contribution in [1.29, 1.82) is 0 Å². The summed E-state index contributed by atoms with van der Waals surface area (Å²) in [7, 11) is 0. The van der Waals surface area contributed by atoms with Crippen molar-refractivity contribution < 1.29 is 14.4 Å². The van der Waals surface area contributed by atoms with Gasteiger partial charge in [0.2, 0.25) is 17.7 Å². The van der Waals surface area contributed by atoms with Gasteiger partial charge in [-0.1, -0.05) is 36.4 Å². The highest BCUT2D eigenvalue weighted by Crippen LogP contribution is 2.31. The van der Waals surface area contributed by atoms with E-state index in [0.29, 0.717) is 6.54 Å². The van der Waals surface area contributed by atoms with Crippen LogP contribution in [0.4, 0.5) is 5.69 Å². The minimum atomic E-state index is -0.459. The summed E-state index contributed by atoms with van der Waals surface area (Å²) in [5.41, 5.74) is 0.468. The molecule has 0 spiro atoms. The van der Waals surface area contributed by atoms with E-state index in [9.17, 15) is 14.4 Å².